The van der Waals surface area contributed by atoms with Crippen molar-refractivity contribution >= 4 is 5.97 Å². The van der Waals surface area contributed by atoms with Gasteiger partial charge in [-0.05, 0) is 6.42 Å². The van der Waals surface area contributed by atoms with Crippen molar-refractivity contribution < 1.29 is 14.6 Å². The van der Waals surface area contributed by atoms with Gasteiger partial charge < -0.3 is 9.84 Å². The summed E-state index contributed by atoms with van der Waals surface area (Å²) >= 11 is 0. The van der Waals surface area contributed by atoms with Gasteiger partial charge >= 0.3 is 5.97 Å². The Bertz CT molecular complexity index is 317. The molecule has 28 heavy (non-hydrogen) atoms. The Morgan fingerprint density at radius 2 is 0.964 bits per heavy atom. The molecule has 1 atom stereocenters. The van der Waals surface area contributed by atoms with Crippen LogP contribution < -0.4 is 0 Å². The first-order valence-electron chi connectivity index (χ1n) is 12.5. The van der Waals surface area contributed by atoms with Crippen molar-refractivity contribution in [3.63, 3.8) is 0 Å². The molecule has 1 N–H and O–H groups in total. The van der Waals surface area contributed by atoms with E-state index in [4.69, 9.17) is 4.74 Å². The predicted molar refractivity (Wildman–Crippen MR) is 121 cm³/mol. The molecule has 0 saturated heterocycles. The molecule has 0 radical (unpaired) electrons. The third-order valence-corrected chi connectivity index (χ3v) is 5.62. The predicted octanol–water partition coefficient (Wildman–Crippen LogP) is 7.73. The molecule has 0 aromatic carbocycles. The first kappa shape index (κ1) is 27.4. The lowest BCUT2D eigenvalue weighted by Gasteiger charge is -2.10. The fourth-order valence-electron chi connectivity index (χ4n) is 3.76. The molecule has 0 saturated carbocycles. The molecule has 0 aliphatic carbocycles. The highest BCUT2D eigenvalue weighted by Crippen LogP contribution is 2.15. The van der Waals surface area contributed by atoms with Crippen LogP contribution in [0.2, 0.25) is 0 Å². The highest BCUT2D eigenvalue weighted by Gasteiger charge is 2.05. The Balaban J connectivity index is 3.07. The third kappa shape index (κ3) is 23.5. The van der Waals surface area contributed by atoms with Gasteiger partial charge in [-0.3, -0.25) is 4.79 Å². The number of ether oxygens (including phenoxy) is 1. The van der Waals surface area contributed by atoms with E-state index in [1.54, 1.807) is 0 Å². The molecule has 0 aliphatic rings. The normalized spacial score (nSPS) is 12.2. The van der Waals surface area contributed by atoms with Crippen LogP contribution in [-0.4, -0.2) is 23.8 Å². The van der Waals surface area contributed by atoms with E-state index in [1.165, 1.54) is 122 Å². The largest absolute Gasteiger partial charge is 0.463 e. The van der Waals surface area contributed by atoms with Crippen molar-refractivity contribution in [2.75, 3.05) is 6.61 Å². The van der Waals surface area contributed by atoms with Crippen LogP contribution >= 0.6 is 0 Å². The second-order valence-electron chi connectivity index (χ2n) is 8.61. The van der Waals surface area contributed by atoms with Crippen LogP contribution in [0.4, 0.5) is 0 Å². The maximum atomic E-state index is 10.7. The smallest absolute Gasteiger partial charge is 0.302 e. The number of aliphatic hydroxyl groups excluding tert-OH is 1. The number of unbranched alkanes of at least 4 members (excludes halogenated alkanes) is 18. The zero-order valence-corrected chi connectivity index (χ0v) is 19.2. The molecule has 0 amide bonds. The summed E-state index contributed by atoms with van der Waals surface area (Å²) in [7, 11) is 0. The molecule has 0 spiro atoms. The van der Waals surface area contributed by atoms with Gasteiger partial charge in [-0.15, -0.1) is 0 Å². The molecule has 0 aromatic heterocycles. The molecule has 0 aromatic rings. The molecule has 1 unspecified atom stereocenters. The number of hydrogen-bond donors (Lipinski definition) is 1. The first-order valence-corrected chi connectivity index (χ1v) is 12.5. The number of hydrogen-bond acceptors (Lipinski definition) is 3. The second kappa shape index (κ2) is 22.7. The summed E-state index contributed by atoms with van der Waals surface area (Å²) in [5.74, 6) is -0.313. The fraction of sp³-hybridized carbons (Fsp3) is 0.960. The van der Waals surface area contributed by atoms with Gasteiger partial charge in [0.25, 0.3) is 0 Å². The summed E-state index contributed by atoms with van der Waals surface area (Å²) in [5, 5.41) is 9.66. The SMILES string of the molecule is CCCCCCCCCCCCCCCCCCCCCC(O)COC(C)=O. The molecular weight excluding hydrogens is 348 g/mol. The Hall–Kier alpha value is -0.570. The van der Waals surface area contributed by atoms with Gasteiger partial charge in [0.1, 0.15) is 6.61 Å². The van der Waals surface area contributed by atoms with Gasteiger partial charge in [0, 0.05) is 6.92 Å². The standard InChI is InChI=1S/C25H50O3/c1-3-4-5-6-7-8-9-10-11-12-13-14-15-16-17-18-19-20-21-22-25(27)23-28-24(2)26/h25,27H,3-23H2,1-2H3. The number of esters is 1. The van der Waals surface area contributed by atoms with Crippen LogP contribution in [0.1, 0.15) is 142 Å². The Labute approximate surface area is 176 Å². The fourth-order valence-corrected chi connectivity index (χ4v) is 3.76. The van der Waals surface area contributed by atoms with Crippen molar-refractivity contribution in [3.05, 3.63) is 0 Å². The van der Waals surface area contributed by atoms with Gasteiger partial charge in [0.15, 0.2) is 0 Å². The molecule has 0 rings (SSSR count). The minimum atomic E-state index is -0.491. The molecule has 0 bridgehead atoms. The zero-order chi connectivity index (χ0) is 20.7. The molecule has 3 nitrogen and oxygen atoms in total. The van der Waals surface area contributed by atoms with Crippen LogP contribution in [0.25, 0.3) is 0 Å². The van der Waals surface area contributed by atoms with E-state index in [1.807, 2.05) is 0 Å². The van der Waals surface area contributed by atoms with E-state index in [2.05, 4.69) is 6.92 Å². The van der Waals surface area contributed by atoms with E-state index in [0.717, 1.165) is 12.8 Å². The lowest BCUT2D eigenvalue weighted by atomic mass is 10.0. The zero-order valence-electron chi connectivity index (χ0n) is 19.2. The van der Waals surface area contributed by atoms with E-state index in [9.17, 15) is 9.90 Å². The molecule has 3 heteroatoms. The number of aliphatic hydroxyl groups is 1. The maximum Gasteiger partial charge on any atom is 0.302 e. The Morgan fingerprint density at radius 1 is 0.643 bits per heavy atom. The maximum absolute atomic E-state index is 10.7. The highest BCUT2D eigenvalue weighted by molar-refractivity contribution is 5.65. The van der Waals surface area contributed by atoms with Crippen molar-refractivity contribution in [3.8, 4) is 0 Å². The number of rotatable bonds is 22. The van der Waals surface area contributed by atoms with Gasteiger partial charge in [-0.1, -0.05) is 129 Å². The highest BCUT2D eigenvalue weighted by atomic mass is 16.5. The number of carbonyl (C=O) groups excluding carboxylic acids is 1. The van der Waals surface area contributed by atoms with Crippen LogP contribution in [0.15, 0.2) is 0 Å². The molecular formula is C25H50O3. The summed E-state index contributed by atoms with van der Waals surface area (Å²) in [5.41, 5.74) is 0. The average molecular weight is 399 g/mol. The van der Waals surface area contributed by atoms with E-state index >= 15 is 0 Å². The van der Waals surface area contributed by atoms with Crippen LogP contribution in [0, 0.1) is 0 Å². The molecule has 168 valence electrons. The van der Waals surface area contributed by atoms with E-state index in [-0.39, 0.29) is 12.6 Å². The minimum Gasteiger partial charge on any atom is -0.463 e. The van der Waals surface area contributed by atoms with Crippen molar-refractivity contribution in [1.29, 1.82) is 0 Å². The van der Waals surface area contributed by atoms with E-state index < -0.39 is 6.10 Å². The van der Waals surface area contributed by atoms with Gasteiger partial charge in [-0.25, -0.2) is 0 Å². The first-order chi connectivity index (χ1) is 13.7. The summed E-state index contributed by atoms with van der Waals surface area (Å²) in [6.45, 7) is 3.81. The van der Waals surface area contributed by atoms with Crippen molar-refractivity contribution in [1.82, 2.24) is 0 Å². The lowest BCUT2D eigenvalue weighted by molar-refractivity contribution is -0.144. The van der Waals surface area contributed by atoms with Gasteiger partial charge in [-0.2, -0.15) is 0 Å². The monoisotopic (exact) mass is 398 g/mol. The van der Waals surface area contributed by atoms with Crippen molar-refractivity contribution in [2.24, 2.45) is 0 Å². The summed E-state index contributed by atoms with van der Waals surface area (Å²) < 4.78 is 4.81. The average Bonchev–Trinajstić information content (AvgIpc) is 2.68. The van der Waals surface area contributed by atoms with Crippen LogP contribution in [0.3, 0.4) is 0 Å². The molecule has 0 heterocycles. The van der Waals surface area contributed by atoms with Gasteiger partial charge in [0.05, 0.1) is 6.10 Å². The van der Waals surface area contributed by atoms with Crippen LogP contribution in [0.5, 0.6) is 0 Å². The summed E-state index contributed by atoms with van der Waals surface area (Å²) in [6, 6.07) is 0. The topological polar surface area (TPSA) is 46.5 Å². The molecule has 0 fully saturated rings. The Morgan fingerprint density at radius 3 is 1.29 bits per heavy atom. The molecule has 0 aliphatic heterocycles. The number of carbonyl (C=O) groups is 1. The van der Waals surface area contributed by atoms with E-state index in [0.29, 0.717) is 0 Å². The van der Waals surface area contributed by atoms with Crippen LogP contribution in [-0.2, 0) is 9.53 Å². The Kier molecular flexibility index (Phi) is 22.3. The lowest BCUT2D eigenvalue weighted by Crippen LogP contribution is -2.17. The minimum absolute atomic E-state index is 0.147. The quantitative estimate of drug-likeness (QED) is 0.150. The summed E-state index contributed by atoms with van der Waals surface area (Å²) in [6.07, 6.45) is 26.4. The van der Waals surface area contributed by atoms with Crippen molar-refractivity contribution in [2.45, 2.75) is 148 Å². The van der Waals surface area contributed by atoms with Gasteiger partial charge in [0.2, 0.25) is 0 Å². The summed E-state index contributed by atoms with van der Waals surface area (Å²) in [4.78, 5) is 10.7. The second-order valence-corrected chi connectivity index (χ2v) is 8.61. The third-order valence-electron chi connectivity index (χ3n) is 5.62.